The number of rotatable bonds is 4. The Morgan fingerprint density at radius 3 is 2.84 bits per heavy atom. The van der Waals surface area contributed by atoms with E-state index in [0.29, 0.717) is 17.1 Å². The molecule has 5 heteroatoms. The lowest BCUT2D eigenvalue weighted by Crippen LogP contribution is -2.35. The minimum absolute atomic E-state index is 0.0988. The standard InChI is InChI=1S/C14H15N3OS/c1-9(8-13(15)19)16-14(18)12-7-6-10-4-2-3-5-11(10)17-12/h2-7,9H,8H2,1H3,(H2,15,19)(H,16,18). The summed E-state index contributed by atoms with van der Waals surface area (Å²) < 4.78 is 0. The molecule has 1 amide bonds. The maximum atomic E-state index is 12.0. The van der Waals surface area contributed by atoms with Crippen molar-refractivity contribution in [3.8, 4) is 0 Å². The Kier molecular flexibility index (Phi) is 4.06. The van der Waals surface area contributed by atoms with Crippen LogP contribution < -0.4 is 11.1 Å². The first-order valence-corrected chi connectivity index (χ1v) is 6.42. The Balaban J connectivity index is 2.15. The third kappa shape index (κ3) is 3.48. The Labute approximate surface area is 117 Å². The van der Waals surface area contributed by atoms with Crippen LogP contribution in [0.1, 0.15) is 23.8 Å². The molecule has 1 aromatic carbocycles. The van der Waals surface area contributed by atoms with Gasteiger partial charge in [0.15, 0.2) is 0 Å². The number of fused-ring (bicyclic) bond motifs is 1. The maximum absolute atomic E-state index is 12.0. The van der Waals surface area contributed by atoms with Gasteiger partial charge >= 0.3 is 0 Å². The van der Waals surface area contributed by atoms with Crippen molar-refractivity contribution in [1.82, 2.24) is 10.3 Å². The van der Waals surface area contributed by atoms with Gasteiger partial charge in [0.25, 0.3) is 5.91 Å². The number of nitrogens with two attached hydrogens (primary N) is 1. The molecule has 1 unspecified atom stereocenters. The average Bonchev–Trinajstić information content (AvgIpc) is 2.37. The first-order valence-electron chi connectivity index (χ1n) is 6.01. The number of para-hydroxylation sites is 1. The third-order valence-electron chi connectivity index (χ3n) is 2.72. The highest BCUT2D eigenvalue weighted by Crippen LogP contribution is 2.11. The minimum Gasteiger partial charge on any atom is -0.393 e. The van der Waals surface area contributed by atoms with E-state index < -0.39 is 0 Å². The molecule has 0 saturated heterocycles. The van der Waals surface area contributed by atoms with Crippen molar-refractivity contribution >= 4 is 34.0 Å². The van der Waals surface area contributed by atoms with Gasteiger partial charge in [0.05, 0.1) is 10.5 Å². The lowest BCUT2D eigenvalue weighted by Gasteiger charge is -2.12. The summed E-state index contributed by atoms with van der Waals surface area (Å²) in [4.78, 5) is 16.7. The summed E-state index contributed by atoms with van der Waals surface area (Å²) in [6.45, 7) is 1.86. The van der Waals surface area contributed by atoms with Crippen LogP contribution in [0.4, 0.5) is 0 Å². The molecule has 1 atom stereocenters. The van der Waals surface area contributed by atoms with Crippen molar-refractivity contribution in [2.45, 2.75) is 19.4 Å². The van der Waals surface area contributed by atoms with E-state index in [-0.39, 0.29) is 11.9 Å². The van der Waals surface area contributed by atoms with Gasteiger partial charge in [-0.3, -0.25) is 4.79 Å². The molecule has 2 aromatic rings. The van der Waals surface area contributed by atoms with Crippen molar-refractivity contribution in [2.24, 2.45) is 5.73 Å². The van der Waals surface area contributed by atoms with E-state index in [0.717, 1.165) is 10.9 Å². The summed E-state index contributed by atoms with van der Waals surface area (Å²) in [6, 6.07) is 11.2. The molecule has 0 fully saturated rings. The number of benzene rings is 1. The first kappa shape index (κ1) is 13.4. The number of carbonyl (C=O) groups excluding carboxylic acids is 1. The van der Waals surface area contributed by atoms with Gasteiger partial charge in [-0.1, -0.05) is 36.5 Å². The van der Waals surface area contributed by atoms with Gasteiger partial charge in [-0.05, 0) is 19.1 Å². The van der Waals surface area contributed by atoms with E-state index in [9.17, 15) is 4.79 Å². The zero-order chi connectivity index (χ0) is 13.8. The van der Waals surface area contributed by atoms with Crippen LogP contribution in [0.15, 0.2) is 36.4 Å². The molecule has 0 spiro atoms. The van der Waals surface area contributed by atoms with Gasteiger partial charge in [-0.15, -0.1) is 0 Å². The van der Waals surface area contributed by atoms with E-state index in [1.54, 1.807) is 6.07 Å². The van der Waals surface area contributed by atoms with Crippen LogP contribution in [-0.4, -0.2) is 21.9 Å². The molecule has 0 aliphatic heterocycles. The molecular formula is C14H15N3OS. The molecule has 0 bridgehead atoms. The van der Waals surface area contributed by atoms with Crippen molar-refractivity contribution in [1.29, 1.82) is 0 Å². The monoisotopic (exact) mass is 273 g/mol. The van der Waals surface area contributed by atoms with Gasteiger partial charge in [0, 0.05) is 17.8 Å². The van der Waals surface area contributed by atoms with Gasteiger partial charge in [-0.2, -0.15) is 0 Å². The highest BCUT2D eigenvalue weighted by molar-refractivity contribution is 7.80. The number of hydrogen-bond donors (Lipinski definition) is 2. The molecule has 1 aromatic heterocycles. The Morgan fingerprint density at radius 1 is 1.37 bits per heavy atom. The molecular weight excluding hydrogens is 258 g/mol. The van der Waals surface area contributed by atoms with E-state index in [1.807, 2.05) is 37.3 Å². The number of pyridine rings is 1. The Morgan fingerprint density at radius 2 is 2.11 bits per heavy atom. The summed E-state index contributed by atoms with van der Waals surface area (Å²) in [5.41, 5.74) is 6.65. The van der Waals surface area contributed by atoms with Crippen molar-refractivity contribution in [3.63, 3.8) is 0 Å². The second-order valence-corrected chi connectivity index (χ2v) is 4.96. The predicted molar refractivity (Wildman–Crippen MR) is 80.1 cm³/mol. The van der Waals surface area contributed by atoms with Crippen molar-refractivity contribution in [2.75, 3.05) is 0 Å². The molecule has 2 rings (SSSR count). The lowest BCUT2D eigenvalue weighted by molar-refractivity contribution is 0.0936. The third-order valence-corrected chi connectivity index (χ3v) is 2.88. The van der Waals surface area contributed by atoms with Crippen molar-refractivity contribution < 1.29 is 4.79 Å². The van der Waals surface area contributed by atoms with E-state index >= 15 is 0 Å². The Bertz CT molecular complexity index is 627. The number of amides is 1. The molecule has 98 valence electrons. The fourth-order valence-corrected chi connectivity index (χ4v) is 2.09. The largest absolute Gasteiger partial charge is 0.393 e. The van der Waals surface area contributed by atoms with Crippen LogP contribution in [0.25, 0.3) is 10.9 Å². The second kappa shape index (κ2) is 5.75. The summed E-state index contributed by atoms with van der Waals surface area (Å²) in [5.74, 6) is -0.213. The molecule has 0 saturated carbocycles. The molecule has 19 heavy (non-hydrogen) atoms. The average molecular weight is 273 g/mol. The molecule has 1 heterocycles. The number of nitrogens with one attached hydrogen (secondary N) is 1. The van der Waals surface area contributed by atoms with Gasteiger partial charge < -0.3 is 11.1 Å². The van der Waals surface area contributed by atoms with E-state index in [2.05, 4.69) is 10.3 Å². The van der Waals surface area contributed by atoms with Gasteiger partial charge in [0.1, 0.15) is 5.69 Å². The second-order valence-electron chi connectivity index (χ2n) is 4.43. The smallest absolute Gasteiger partial charge is 0.270 e. The Hall–Kier alpha value is -2.01. The predicted octanol–water partition coefficient (Wildman–Crippen LogP) is 2.03. The molecule has 0 radical (unpaired) electrons. The summed E-state index contributed by atoms with van der Waals surface area (Å²) >= 11 is 4.82. The topological polar surface area (TPSA) is 68.0 Å². The van der Waals surface area contributed by atoms with Crippen LogP contribution in [-0.2, 0) is 0 Å². The molecule has 3 N–H and O–H groups in total. The summed E-state index contributed by atoms with van der Waals surface area (Å²) in [5, 5.41) is 3.83. The number of hydrogen-bond acceptors (Lipinski definition) is 3. The normalized spacial score (nSPS) is 12.1. The van der Waals surface area contributed by atoms with Crippen LogP contribution in [0.2, 0.25) is 0 Å². The molecule has 4 nitrogen and oxygen atoms in total. The minimum atomic E-state index is -0.213. The highest BCUT2D eigenvalue weighted by Gasteiger charge is 2.12. The summed E-state index contributed by atoms with van der Waals surface area (Å²) in [7, 11) is 0. The quantitative estimate of drug-likeness (QED) is 0.836. The van der Waals surface area contributed by atoms with Crippen molar-refractivity contribution in [3.05, 3.63) is 42.1 Å². The SMILES string of the molecule is CC(CC(N)=S)NC(=O)c1ccc2ccccc2n1. The number of aromatic nitrogens is 1. The fraction of sp³-hybridized carbons (Fsp3) is 0.214. The lowest BCUT2D eigenvalue weighted by atomic mass is 10.2. The van der Waals surface area contributed by atoms with E-state index in [4.69, 9.17) is 18.0 Å². The maximum Gasteiger partial charge on any atom is 0.270 e. The first-order chi connectivity index (χ1) is 9.06. The highest BCUT2D eigenvalue weighted by atomic mass is 32.1. The number of thiocarbonyl (C=S) groups is 1. The van der Waals surface area contributed by atoms with E-state index in [1.165, 1.54) is 0 Å². The van der Waals surface area contributed by atoms with Crippen LogP contribution in [0.3, 0.4) is 0 Å². The van der Waals surface area contributed by atoms with Gasteiger partial charge in [0.2, 0.25) is 0 Å². The van der Waals surface area contributed by atoms with Gasteiger partial charge in [-0.25, -0.2) is 4.98 Å². The number of nitrogens with zero attached hydrogens (tertiary/aromatic N) is 1. The molecule has 0 aliphatic rings. The fourth-order valence-electron chi connectivity index (χ4n) is 1.84. The van der Waals surface area contributed by atoms with Crippen LogP contribution >= 0.6 is 12.2 Å². The number of carbonyl (C=O) groups is 1. The van der Waals surface area contributed by atoms with Crippen LogP contribution in [0, 0.1) is 0 Å². The van der Waals surface area contributed by atoms with Crippen LogP contribution in [0.5, 0.6) is 0 Å². The summed E-state index contributed by atoms with van der Waals surface area (Å²) in [6.07, 6.45) is 0.481. The zero-order valence-electron chi connectivity index (χ0n) is 10.6. The zero-order valence-corrected chi connectivity index (χ0v) is 11.4. The molecule has 0 aliphatic carbocycles.